The molecule has 1 atom stereocenters. The lowest BCUT2D eigenvalue weighted by Crippen LogP contribution is -2.50. The minimum absolute atomic E-state index is 0.0844. The highest BCUT2D eigenvalue weighted by Gasteiger charge is 2.26. The highest BCUT2D eigenvalue weighted by molar-refractivity contribution is 5.78. The van der Waals surface area contributed by atoms with Crippen molar-refractivity contribution in [3.05, 3.63) is 42.1 Å². The number of hydrogen-bond acceptors (Lipinski definition) is 5. The van der Waals surface area contributed by atoms with Gasteiger partial charge >= 0.3 is 0 Å². The first-order valence-corrected chi connectivity index (χ1v) is 12.5. The number of hydrogen-bond donors (Lipinski definition) is 0. The van der Waals surface area contributed by atoms with Gasteiger partial charge in [0.05, 0.1) is 5.69 Å². The molecule has 174 valence electrons. The van der Waals surface area contributed by atoms with Gasteiger partial charge in [-0.3, -0.25) is 4.79 Å². The second-order valence-electron chi connectivity index (χ2n) is 9.53. The lowest BCUT2D eigenvalue weighted by Gasteiger charge is -2.35. The molecule has 0 bridgehead atoms. The average Bonchev–Trinajstić information content (AvgIpc) is 3.33. The first-order valence-electron chi connectivity index (χ1n) is 12.5. The number of aromatic nitrogens is 4. The Hall–Kier alpha value is -2.96. The Bertz CT molecular complexity index is 1090. The van der Waals surface area contributed by atoms with E-state index >= 15 is 0 Å². The largest absolute Gasteiger partial charge is 0.339 e. The van der Waals surface area contributed by atoms with Gasteiger partial charge in [-0.15, -0.1) is 5.10 Å². The molecule has 3 aromatic rings. The van der Waals surface area contributed by atoms with Crippen molar-refractivity contribution in [3.63, 3.8) is 0 Å². The second kappa shape index (κ2) is 9.49. The zero-order valence-electron chi connectivity index (χ0n) is 19.8. The normalized spacial score (nSPS) is 18.6. The molecule has 1 aliphatic heterocycles. The summed E-state index contributed by atoms with van der Waals surface area (Å²) in [4.78, 5) is 25.8. The summed E-state index contributed by atoms with van der Waals surface area (Å²) in [6.07, 6.45) is 9.37. The summed E-state index contributed by atoms with van der Waals surface area (Å²) in [7, 11) is 0. The van der Waals surface area contributed by atoms with E-state index in [0.717, 1.165) is 30.8 Å². The maximum Gasteiger partial charge on any atom is 0.254 e. The molecule has 7 heteroatoms. The van der Waals surface area contributed by atoms with Crippen molar-refractivity contribution < 1.29 is 4.79 Å². The van der Waals surface area contributed by atoms with E-state index < -0.39 is 0 Å². The summed E-state index contributed by atoms with van der Waals surface area (Å²) in [5, 5.41) is 4.81. The molecule has 1 unspecified atom stereocenters. The lowest BCUT2D eigenvalue weighted by molar-refractivity contribution is -0.135. The van der Waals surface area contributed by atoms with Crippen molar-refractivity contribution in [3.8, 4) is 11.3 Å². The zero-order chi connectivity index (χ0) is 22.8. The van der Waals surface area contributed by atoms with Crippen molar-refractivity contribution >= 4 is 17.6 Å². The van der Waals surface area contributed by atoms with Gasteiger partial charge in [0.2, 0.25) is 11.9 Å². The van der Waals surface area contributed by atoms with Gasteiger partial charge < -0.3 is 9.80 Å². The van der Waals surface area contributed by atoms with E-state index in [-0.39, 0.29) is 11.8 Å². The Balaban J connectivity index is 1.33. The van der Waals surface area contributed by atoms with Crippen LogP contribution < -0.4 is 4.90 Å². The molecule has 2 fully saturated rings. The Labute approximate surface area is 195 Å². The van der Waals surface area contributed by atoms with Gasteiger partial charge in [0.1, 0.15) is 0 Å². The highest BCUT2D eigenvalue weighted by Crippen LogP contribution is 2.33. The summed E-state index contributed by atoms with van der Waals surface area (Å²) < 4.78 is 1.85. The highest BCUT2D eigenvalue weighted by atomic mass is 16.2. The fourth-order valence-electron chi connectivity index (χ4n) is 5.11. The number of fused-ring (bicyclic) bond motifs is 1. The van der Waals surface area contributed by atoms with Crippen LogP contribution in [0.15, 0.2) is 36.5 Å². The van der Waals surface area contributed by atoms with Crippen LogP contribution in [-0.4, -0.2) is 56.6 Å². The number of benzene rings is 1. The number of piperazine rings is 1. The van der Waals surface area contributed by atoms with E-state index in [1.54, 1.807) is 6.20 Å². The molecule has 0 spiro atoms. The lowest BCUT2D eigenvalue weighted by atomic mass is 9.84. The molecule has 5 rings (SSSR count). The van der Waals surface area contributed by atoms with Gasteiger partial charge in [-0.05, 0) is 36.8 Å². The van der Waals surface area contributed by atoms with Crippen LogP contribution in [0.4, 0.5) is 5.95 Å². The third-order valence-electron chi connectivity index (χ3n) is 7.42. The molecule has 33 heavy (non-hydrogen) atoms. The van der Waals surface area contributed by atoms with E-state index in [0.29, 0.717) is 30.7 Å². The first kappa shape index (κ1) is 21.9. The van der Waals surface area contributed by atoms with Gasteiger partial charge in [0, 0.05) is 43.9 Å². The molecular weight excluding hydrogens is 412 g/mol. The van der Waals surface area contributed by atoms with Crippen LogP contribution in [0.5, 0.6) is 0 Å². The Morgan fingerprint density at radius 1 is 1.03 bits per heavy atom. The van der Waals surface area contributed by atoms with E-state index in [1.165, 1.54) is 37.7 Å². The number of amides is 1. The predicted octanol–water partition coefficient (Wildman–Crippen LogP) is 4.53. The molecule has 1 aromatic carbocycles. The minimum atomic E-state index is 0.0844. The van der Waals surface area contributed by atoms with Crippen LogP contribution >= 0.6 is 0 Å². The number of carbonyl (C=O) groups is 1. The van der Waals surface area contributed by atoms with Gasteiger partial charge in [0.25, 0.3) is 5.78 Å². The van der Waals surface area contributed by atoms with Crippen molar-refractivity contribution in [2.75, 3.05) is 31.1 Å². The number of carbonyl (C=O) groups excluding carboxylic acids is 1. The topological polar surface area (TPSA) is 66.6 Å². The SMILES string of the molecule is CCC(C)C(=O)N1CCN(c2nc3nccc(-c4ccc(C5CCCCC5)cc4)n3n2)CC1. The van der Waals surface area contributed by atoms with Gasteiger partial charge in [0.15, 0.2) is 0 Å². The summed E-state index contributed by atoms with van der Waals surface area (Å²) in [5.41, 5.74) is 3.58. The van der Waals surface area contributed by atoms with Gasteiger partial charge in [-0.25, -0.2) is 4.98 Å². The first-order chi connectivity index (χ1) is 16.1. The number of rotatable bonds is 5. The molecule has 1 amide bonds. The van der Waals surface area contributed by atoms with Crippen molar-refractivity contribution in [2.24, 2.45) is 5.92 Å². The van der Waals surface area contributed by atoms with Crippen molar-refractivity contribution in [1.82, 2.24) is 24.5 Å². The van der Waals surface area contributed by atoms with E-state index in [1.807, 2.05) is 22.4 Å². The van der Waals surface area contributed by atoms with Crippen LogP contribution in [0.2, 0.25) is 0 Å². The molecule has 1 saturated carbocycles. The molecule has 1 aliphatic carbocycles. The molecule has 0 radical (unpaired) electrons. The summed E-state index contributed by atoms with van der Waals surface area (Å²) in [5.74, 6) is 2.33. The predicted molar refractivity (Wildman–Crippen MR) is 130 cm³/mol. The van der Waals surface area contributed by atoms with E-state index in [4.69, 9.17) is 10.1 Å². The average molecular weight is 447 g/mol. The molecule has 3 heterocycles. The fourth-order valence-corrected chi connectivity index (χ4v) is 5.11. The quantitative estimate of drug-likeness (QED) is 0.576. The molecule has 7 nitrogen and oxygen atoms in total. The minimum Gasteiger partial charge on any atom is -0.339 e. The monoisotopic (exact) mass is 446 g/mol. The van der Waals surface area contributed by atoms with Crippen molar-refractivity contribution in [1.29, 1.82) is 0 Å². The number of nitrogens with zero attached hydrogens (tertiary/aromatic N) is 6. The Kier molecular flexibility index (Phi) is 6.29. The molecule has 0 N–H and O–H groups in total. The van der Waals surface area contributed by atoms with E-state index in [2.05, 4.69) is 41.1 Å². The van der Waals surface area contributed by atoms with Crippen molar-refractivity contribution in [2.45, 2.75) is 58.3 Å². The van der Waals surface area contributed by atoms with Crippen LogP contribution in [0.25, 0.3) is 17.0 Å². The van der Waals surface area contributed by atoms with Gasteiger partial charge in [-0.2, -0.15) is 9.50 Å². The van der Waals surface area contributed by atoms with Crippen LogP contribution in [-0.2, 0) is 4.79 Å². The summed E-state index contributed by atoms with van der Waals surface area (Å²) in [6, 6.07) is 11.0. The smallest absolute Gasteiger partial charge is 0.254 e. The zero-order valence-corrected chi connectivity index (χ0v) is 19.8. The third kappa shape index (κ3) is 4.45. The molecule has 2 aliphatic rings. The van der Waals surface area contributed by atoms with Crippen LogP contribution in [0, 0.1) is 5.92 Å². The van der Waals surface area contributed by atoms with Crippen LogP contribution in [0.1, 0.15) is 63.9 Å². The molecular formula is C26H34N6O. The van der Waals surface area contributed by atoms with E-state index in [9.17, 15) is 4.79 Å². The molecule has 2 aromatic heterocycles. The van der Waals surface area contributed by atoms with Gasteiger partial charge in [-0.1, -0.05) is 57.4 Å². The Morgan fingerprint density at radius 3 is 2.45 bits per heavy atom. The maximum atomic E-state index is 12.5. The second-order valence-corrected chi connectivity index (χ2v) is 9.53. The number of anilines is 1. The Morgan fingerprint density at radius 2 is 1.76 bits per heavy atom. The maximum absolute atomic E-state index is 12.5. The standard InChI is InChI=1S/C26H34N6O/c1-3-19(2)24(33)30-15-17-31(18-16-30)26-28-25-27-14-13-23(32(25)29-26)22-11-9-21(10-12-22)20-7-5-4-6-8-20/h9-14,19-20H,3-8,15-18H2,1-2H3. The fraction of sp³-hybridized carbons (Fsp3) is 0.538. The molecule has 1 saturated heterocycles. The van der Waals surface area contributed by atoms with Crippen LogP contribution in [0.3, 0.4) is 0 Å². The summed E-state index contributed by atoms with van der Waals surface area (Å²) >= 11 is 0. The summed E-state index contributed by atoms with van der Waals surface area (Å²) in [6.45, 7) is 6.97. The third-order valence-corrected chi connectivity index (χ3v) is 7.42.